The van der Waals surface area contributed by atoms with Gasteiger partial charge in [0.05, 0.1) is 5.41 Å². The van der Waals surface area contributed by atoms with Gasteiger partial charge in [0.15, 0.2) is 0 Å². The van der Waals surface area contributed by atoms with Crippen molar-refractivity contribution in [1.29, 1.82) is 0 Å². The highest BCUT2D eigenvalue weighted by Crippen LogP contribution is 2.77. The average molecular weight is 739 g/mol. The number of fused-ring (bicyclic) bond motifs is 7. The molecule has 3 atom stereocenters. The van der Waals surface area contributed by atoms with Gasteiger partial charge in [0.1, 0.15) is 0 Å². The highest BCUT2D eigenvalue weighted by Gasteiger charge is 2.69. The molecule has 3 unspecified atom stereocenters. The molecule has 7 aliphatic rings. The van der Waals surface area contributed by atoms with Crippen molar-refractivity contribution < 1.29 is 4.42 Å². The second-order valence-corrected chi connectivity index (χ2v) is 16.9. The summed E-state index contributed by atoms with van der Waals surface area (Å²) in [5.74, 6) is 2.15. The van der Waals surface area contributed by atoms with E-state index in [-0.39, 0.29) is 16.7 Å². The van der Waals surface area contributed by atoms with Crippen LogP contribution in [-0.2, 0) is 10.8 Å². The third kappa shape index (κ3) is 3.71. The minimum atomic E-state index is -0.301. The van der Waals surface area contributed by atoms with Gasteiger partial charge in [-0.3, -0.25) is 0 Å². The maximum Gasteiger partial charge on any atom is 0.248 e. The van der Waals surface area contributed by atoms with E-state index in [4.69, 9.17) is 4.42 Å². The lowest BCUT2D eigenvalue weighted by molar-refractivity contribution is 0.333. The summed E-state index contributed by atoms with van der Waals surface area (Å²) in [5, 5.41) is 8.97. The van der Waals surface area contributed by atoms with Crippen molar-refractivity contribution in [2.75, 3.05) is 0 Å². The Morgan fingerprint density at radius 2 is 0.897 bits per heavy atom. The molecule has 3 nitrogen and oxygen atoms in total. The Bertz CT molecular complexity index is 3150. The van der Waals surface area contributed by atoms with Crippen LogP contribution in [0.4, 0.5) is 0 Å². The molecule has 3 heteroatoms. The Kier molecular flexibility index (Phi) is 5.80. The lowest BCUT2D eigenvalue weighted by Crippen LogP contribution is -2.52. The number of nitrogens with zero attached hydrogens (tertiary/aromatic N) is 2. The van der Waals surface area contributed by atoms with Crippen LogP contribution >= 0.6 is 0 Å². The van der Waals surface area contributed by atoms with E-state index in [0.717, 1.165) is 16.7 Å². The van der Waals surface area contributed by atoms with Gasteiger partial charge in [0.2, 0.25) is 11.8 Å². The van der Waals surface area contributed by atoms with Crippen LogP contribution < -0.4 is 0 Å². The number of benzene rings is 7. The zero-order valence-corrected chi connectivity index (χ0v) is 31.4. The van der Waals surface area contributed by atoms with E-state index in [1.165, 1.54) is 77.9 Å². The molecule has 0 fully saturated rings. The molecule has 2 spiro atoms. The van der Waals surface area contributed by atoms with Gasteiger partial charge in [0.25, 0.3) is 0 Å². The molecule has 3 bridgehead atoms. The van der Waals surface area contributed by atoms with Crippen molar-refractivity contribution in [2.45, 2.75) is 28.6 Å². The molecule has 0 amide bonds. The number of allylic oxidation sites excluding steroid dienone is 6. The zero-order valence-electron chi connectivity index (χ0n) is 31.4. The minimum absolute atomic E-state index is 0.0911. The third-order valence-corrected chi connectivity index (χ3v) is 14.4. The Hall–Kier alpha value is -7.10. The zero-order chi connectivity index (χ0) is 37.7. The third-order valence-electron chi connectivity index (χ3n) is 14.4. The summed E-state index contributed by atoms with van der Waals surface area (Å²) in [5.41, 5.74) is 22.3. The molecule has 0 saturated heterocycles. The van der Waals surface area contributed by atoms with Crippen LogP contribution in [0.1, 0.15) is 79.0 Å². The molecule has 0 saturated carbocycles. The molecule has 15 rings (SSSR count). The summed E-state index contributed by atoms with van der Waals surface area (Å²) in [6, 6.07) is 60.4. The predicted octanol–water partition coefficient (Wildman–Crippen LogP) is 12.3. The fourth-order valence-electron chi connectivity index (χ4n) is 12.1. The Labute approximate surface area is 336 Å². The molecule has 7 aliphatic carbocycles. The van der Waals surface area contributed by atoms with Gasteiger partial charge >= 0.3 is 0 Å². The van der Waals surface area contributed by atoms with E-state index < -0.39 is 0 Å². The molecule has 1 heterocycles. The highest BCUT2D eigenvalue weighted by atomic mass is 16.4. The second kappa shape index (κ2) is 10.8. The smallest absolute Gasteiger partial charge is 0.248 e. The van der Waals surface area contributed by atoms with Gasteiger partial charge in [-0.1, -0.05) is 164 Å². The first-order chi connectivity index (χ1) is 28.7. The maximum atomic E-state index is 6.31. The molecule has 8 aromatic rings. The molecular weight excluding hydrogens is 705 g/mol. The van der Waals surface area contributed by atoms with E-state index >= 15 is 0 Å². The quantitative estimate of drug-likeness (QED) is 0.180. The monoisotopic (exact) mass is 738 g/mol. The number of hydrogen-bond donors (Lipinski definition) is 0. The van der Waals surface area contributed by atoms with Gasteiger partial charge in [-0.2, -0.15) is 0 Å². The standard InChI is InChI=1S/C55H34N2O/c1-5-13-45-40(9-1)49-38-26-25-37(30-54(45,31-38)46-14-6-2-10-41(46)49)33-19-23-35(24-20-33)53-57-56-52(58-53)34-21-17-32(18-22-34)36-27-28-39-44(29-36)51-43-12-4-8-16-48(43)55(51)47-15-7-3-11-42(47)50(39)55/h1-31,49-51H. The topological polar surface area (TPSA) is 38.9 Å². The average Bonchev–Trinajstić information content (AvgIpc) is 3.81. The van der Waals surface area contributed by atoms with Crippen molar-refractivity contribution in [2.24, 2.45) is 0 Å². The van der Waals surface area contributed by atoms with Crippen molar-refractivity contribution in [3.63, 3.8) is 0 Å². The van der Waals surface area contributed by atoms with Crippen molar-refractivity contribution >= 4 is 5.57 Å². The fraction of sp³-hybridized carbons (Fsp3) is 0.0909. The van der Waals surface area contributed by atoms with Crippen molar-refractivity contribution in [3.05, 3.63) is 255 Å². The molecule has 0 radical (unpaired) electrons. The molecular formula is C55H34N2O. The first-order valence-electron chi connectivity index (χ1n) is 20.4. The minimum Gasteiger partial charge on any atom is -0.416 e. The molecule has 7 aromatic carbocycles. The summed E-state index contributed by atoms with van der Waals surface area (Å²) in [6.07, 6.45) is 9.56. The van der Waals surface area contributed by atoms with Crippen LogP contribution in [0.5, 0.6) is 0 Å². The van der Waals surface area contributed by atoms with E-state index in [1.54, 1.807) is 0 Å². The molecule has 58 heavy (non-hydrogen) atoms. The first-order valence-corrected chi connectivity index (χ1v) is 20.4. The molecule has 1 aromatic heterocycles. The summed E-state index contributed by atoms with van der Waals surface area (Å²) in [6.45, 7) is 0. The van der Waals surface area contributed by atoms with Crippen LogP contribution in [0, 0.1) is 0 Å². The van der Waals surface area contributed by atoms with Gasteiger partial charge < -0.3 is 4.42 Å². The van der Waals surface area contributed by atoms with Crippen LogP contribution in [0.2, 0.25) is 0 Å². The van der Waals surface area contributed by atoms with Crippen LogP contribution in [0.3, 0.4) is 0 Å². The van der Waals surface area contributed by atoms with E-state index in [0.29, 0.717) is 23.6 Å². The molecule has 0 N–H and O–H groups in total. The molecule has 0 aliphatic heterocycles. The second-order valence-electron chi connectivity index (χ2n) is 16.9. The number of aromatic nitrogens is 2. The summed E-state index contributed by atoms with van der Waals surface area (Å²) >= 11 is 0. The predicted molar refractivity (Wildman–Crippen MR) is 229 cm³/mol. The van der Waals surface area contributed by atoms with Crippen LogP contribution in [0.15, 0.2) is 198 Å². The van der Waals surface area contributed by atoms with Crippen LogP contribution in [0.25, 0.3) is 39.6 Å². The van der Waals surface area contributed by atoms with Gasteiger partial charge in [-0.15, -0.1) is 10.2 Å². The van der Waals surface area contributed by atoms with Gasteiger partial charge in [-0.05, 0) is 108 Å². The largest absolute Gasteiger partial charge is 0.416 e. The highest BCUT2D eigenvalue weighted by molar-refractivity contribution is 5.84. The normalized spacial score (nSPS) is 24.0. The summed E-state index contributed by atoms with van der Waals surface area (Å²) < 4.78 is 6.31. The Morgan fingerprint density at radius 3 is 1.52 bits per heavy atom. The van der Waals surface area contributed by atoms with Crippen molar-refractivity contribution in [3.8, 4) is 34.0 Å². The summed E-state index contributed by atoms with van der Waals surface area (Å²) in [4.78, 5) is 0. The molecule has 270 valence electrons. The lowest BCUT2D eigenvalue weighted by Gasteiger charge is -2.58. The van der Waals surface area contributed by atoms with Gasteiger partial charge in [0, 0.05) is 34.3 Å². The summed E-state index contributed by atoms with van der Waals surface area (Å²) in [7, 11) is 0. The Balaban J connectivity index is 0.752. The Morgan fingerprint density at radius 1 is 0.397 bits per heavy atom. The maximum absolute atomic E-state index is 6.31. The van der Waals surface area contributed by atoms with E-state index in [2.05, 4.69) is 198 Å². The number of hydrogen-bond acceptors (Lipinski definition) is 3. The van der Waals surface area contributed by atoms with Crippen molar-refractivity contribution in [1.82, 2.24) is 10.2 Å². The number of rotatable bonds is 4. The van der Waals surface area contributed by atoms with E-state index in [1.807, 2.05) is 0 Å². The van der Waals surface area contributed by atoms with Crippen LogP contribution in [-0.4, -0.2) is 10.2 Å². The van der Waals surface area contributed by atoms with E-state index in [9.17, 15) is 0 Å². The first kappa shape index (κ1) is 31.0. The lowest BCUT2D eigenvalue weighted by atomic mass is 9.43. The van der Waals surface area contributed by atoms with Gasteiger partial charge in [-0.25, -0.2) is 0 Å². The SMILES string of the molecule is C1=CC2=CC3(C=C1c1ccc(-c4nnc(-c5ccc(-c6ccc7c(c6)C6c8ccccc8C68c6ccccc6C78)cc5)o4)cc1)c1ccccc1C2c1ccccc13. The fourth-order valence-corrected chi connectivity index (χ4v) is 12.1.